The molecule has 1 aliphatic heterocycles. The summed E-state index contributed by atoms with van der Waals surface area (Å²) in [7, 11) is -2.61. The van der Waals surface area contributed by atoms with Crippen molar-refractivity contribution in [1.82, 2.24) is 10.4 Å². The van der Waals surface area contributed by atoms with Gasteiger partial charge < -0.3 is 9.47 Å². The van der Waals surface area contributed by atoms with Gasteiger partial charge in [-0.25, -0.2) is 23.1 Å². The summed E-state index contributed by atoms with van der Waals surface area (Å²) in [5, 5.41) is 8.88. The van der Waals surface area contributed by atoms with Crippen LogP contribution in [0.15, 0.2) is 53.4 Å². The van der Waals surface area contributed by atoms with E-state index in [1.54, 1.807) is 12.1 Å². The summed E-state index contributed by atoms with van der Waals surface area (Å²) in [4.78, 5) is 11.9. The van der Waals surface area contributed by atoms with Gasteiger partial charge in [-0.05, 0) is 42.0 Å². The summed E-state index contributed by atoms with van der Waals surface area (Å²) >= 11 is 0. The van der Waals surface area contributed by atoms with Gasteiger partial charge in [0.1, 0.15) is 11.6 Å². The number of likely N-dealkylation sites (tertiary alicyclic amines) is 1. The van der Waals surface area contributed by atoms with Crippen LogP contribution in [0, 0.1) is 5.82 Å². The van der Waals surface area contributed by atoms with Crippen molar-refractivity contribution < 1.29 is 32.3 Å². The van der Waals surface area contributed by atoms with Gasteiger partial charge in [0.25, 0.3) is 0 Å². The number of halogens is 1. The second-order valence-electron chi connectivity index (χ2n) is 6.99. The molecule has 10 heteroatoms. The van der Waals surface area contributed by atoms with E-state index in [9.17, 15) is 17.6 Å². The Labute approximate surface area is 174 Å². The lowest BCUT2D eigenvalue weighted by Gasteiger charge is -2.40. The van der Waals surface area contributed by atoms with Crippen molar-refractivity contribution in [3.8, 4) is 5.75 Å². The molecule has 0 aliphatic carbocycles. The molecule has 0 aromatic heterocycles. The van der Waals surface area contributed by atoms with E-state index in [0.29, 0.717) is 25.4 Å². The molecule has 8 nitrogen and oxygen atoms in total. The monoisotopic (exact) mass is 438 g/mol. The quantitative estimate of drug-likeness (QED) is 0.528. The van der Waals surface area contributed by atoms with Crippen LogP contribution in [0.4, 0.5) is 9.18 Å². The minimum Gasteiger partial charge on any atom is -0.497 e. The maximum Gasteiger partial charge on any atom is 0.432 e. The van der Waals surface area contributed by atoms with Crippen LogP contribution in [0.25, 0.3) is 0 Å². The van der Waals surface area contributed by atoms with E-state index in [-0.39, 0.29) is 23.6 Å². The molecule has 0 spiro atoms. The third-order valence-corrected chi connectivity index (χ3v) is 7.53. The second-order valence-corrected chi connectivity index (χ2v) is 9.22. The number of sulfone groups is 1. The highest BCUT2D eigenvalue weighted by atomic mass is 32.2. The summed E-state index contributed by atoms with van der Waals surface area (Å²) < 4.78 is 50.1. The largest absolute Gasteiger partial charge is 0.497 e. The fourth-order valence-electron chi connectivity index (χ4n) is 3.49. The average Bonchev–Trinajstić information content (AvgIpc) is 2.76. The Hall–Kier alpha value is -2.69. The third kappa shape index (κ3) is 4.55. The number of hydrogen-bond acceptors (Lipinski definition) is 7. The Balaban J connectivity index is 1.82. The number of ether oxygens (including phenoxy) is 2. The lowest BCUT2D eigenvalue weighted by molar-refractivity contribution is 0.000286. The normalized spacial score (nSPS) is 16.6. The SMILES string of the molecule is COc1ccc(S(=O)(=O)C2(OC(=O)NO)CCN(Cc3ccc(F)cc3)CC2)cc1. The smallest absolute Gasteiger partial charge is 0.432 e. The number of hydroxylamine groups is 1. The number of carbonyl (C=O) groups is 1. The molecule has 0 radical (unpaired) electrons. The summed E-state index contributed by atoms with van der Waals surface area (Å²) in [6.07, 6.45) is -1.22. The molecule has 0 unspecified atom stereocenters. The number of piperidine rings is 1. The van der Waals surface area contributed by atoms with E-state index in [1.165, 1.54) is 49.0 Å². The van der Waals surface area contributed by atoms with Crippen LogP contribution < -0.4 is 10.2 Å². The van der Waals surface area contributed by atoms with Crippen LogP contribution in [0.5, 0.6) is 5.75 Å². The van der Waals surface area contributed by atoms with E-state index in [0.717, 1.165) is 5.56 Å². The van der Waals surface area contributed by atoms with Crippen LogP contribution in [0.3, 0.4) is 0 Å². The minimum atomic E-state index is -4.08. The summed E-state index contributed by atoms with van der Waals surface area (Å²) in [5.41, 5.74) is 2.23. The molecule has 2 aromatic rings. The number of methoxy groups -OCH3 is 1. The number of nitrogens with zero attached hydrogens (tertiary/aromatic N) is 1. The predicted octanol–water partition coefficient (Wildman–Crippen LogP) is 2.72. The maximum absolute atomic E-state index is 13.4. The fourth-order valence-corrected chi connectivity index (χ4v) is 5.32. The van der Waals surface area contributed by atoms with Crippen molar-refractivity contribution in [1.29, 1.82) is 0 Å². The van der Waals surface area contributed by atoms with Crippen LogP contribution in [-0.4, -0.2) is 49.8 Å². The first kappa shape index (κ1) is 22.0. The average molecular weight is 438 g/mol. The van der Waals surface area contributed by atoms with Crippen LogP contribution in [0.2, 0.25) is 0 Å². The van der Waals surface area contributed by atoms with Crippen molar-refractivity contribution in [3.05, 3.63) is 59.9 Å². The van der Waals surface area contributed by atoms with E-state index in [2.05, 4.69) is 0 Å². The number of rotatable bonds is 6. The van der Waals surface area contributed by atoms with E-state index >= 15 is 0 Å². The lowest BCUT2D eigenvalue weighted by Crippen LogP contribution is -2.52. The molecule has 2 aromatic carbocycles. The molecule has 1 fully saturated rings. The molecule has 162 valence electrons. The zero-order chi connectivity index (χ0) is 21.8. The molecule has 1 heterocycles. The molecule has 0 atom stereocenters. The number of nitrogens with one attached hydrogen (secondary N) is 1. The zero-order valence-corrected chi connectivity index (χ0v) is 17.2. The van der Waals surface area contributed by atoms with Gasteiger partial charge in [0, 0.05) is 32.5 Å². The van der Waals surface area contributed by atoms with Gasteiger partial charge in [0.2, 0.25) is 14.8 Å². The summed E-state index contributed by atoms with van der Waals surface area (Å²) in [6.45, 7) is 1.15. The van der Waals surface area contributed by atoms with Gasteiger partial charge in [0.05, 0.1) is 12.0 Å². The lowest BCUT2D eigenvalue weighted by atomic mass is 10.1. The Kier molecular flexibility index (Phi) is 6.59. The molecular weight excluding hydrogens is 415 g/mol. The van der Waals surface area contributed by atoms with Gasteiger partial charge >= 0.3 is 6.09 Å². The van der Waals surface area contributed by atoms with E-state index < -0.39 is 20.9 Å². The first-order chi connectivity index (χ1) is 14.3. The van der Waals surface area contributed by atoms with Crippen molar-refractivity contribution >= 4 is 15.9 Å². The molecule has 30 heavy (non-hydrogen) atoms. The standard InChI is InChI=1S/C20H23FN2O6S/c1-28-17-6-8-18(9-7-17)30(26,27)20(29-19(24)22-25)10-12-23(13-11-20)14-15-2-4-16(21)5-3-15/h2-9,25H,10-14H2,1H3,(H,22,24). The highest BCUT2D eigenvalue weighted by Gasteiger charge is 2.50. The maximum atomic E-state index is 13.4. The molecule has 0 bridgehead atoms. The molecule has 1 saturated heterocycles. The number of benzene rings is 2. The van der Waals surface area contributed by atoms with Crippen LogP contribution in [-0.2, 0) is 21.1 Å². The van der Waals surface area contributed by atoms with Crippen molar-refractivity contribution in [2.75, 3.05) is 20.2 Å². The molecule has 1 amide bonds. The van der Waals surface area contributed by atoms with Crippen LogP contribution in [0.1, 0.15) is 18.4 Å². The van der Waals surface area contributed by atoms with E-state index in [4.69, 9.17) is 14.7 Å². The predicted molar refractivity (Wildman–Crippen MR) is 105 cm³/mol. The Morgan fingerprint density at radius 3 is 2.27 bits per heavy atom. The number of hydrogen-bond donors (Lipinski definition) is 2. The van der Waals surface area contributed by atoms with Gasteiger partial charge in [-0.15, -0.1) is 0 Å². The summed E-state index contributed by atoms with van der Waals surface area (Å²) in [6, 6.07) is 11.9. The Bertz CT molecular complexity index is 971. The Morgan fingerprint density at radius 1 is 1.13 bits per heavy atom. The number of amides is 1. The van der Waals surface area contributed by atoms with Crippen molar-refractivity contribution in [3.63, 3.8) is 0 Å². The molecule has 2 N–H and O–H groups in total. The molecule has 0 saturated carbocycles. The molecule has 3 rings (SSSR count). The first-order valence-electron chi connectivity index (χ1n) is 9.28. The van der Waals surface area contributed by atoms with Crippen molar-refractivity contribution in [2.45, 2.75) is 29.2 Å². The van der Waals surface area contributed by atoms with E-state index in [1.807, 2.05) is 4.90 Å². The summed E-state index contributed by atoms with van der Waals surface area (Å²) in [5.74, 6) is 0.163. The fraction of sp³-hybridized carbons (Fsp3) is 0.350. The minimum absolute atomic E-state index is 0.00990. The highest BCUT2D eigenvalue weighted by Crippen LogP contribution is 2.37. The topological polar surface area (TPSA) is 105 Å². The third-order valence-electron chi connectivity index (χ3n) is 5.17. The van der Waals surface area contributed by atoms with Crippen molar-refractivity contribution in [2.24, 2.45) is 0 Å². The number of carbonyl (C=O) groups excluding carboxylic acids is 1. The van der Waals surface area contributed by atoms with Gasteiger partial charge in [0.15, 0.2) is 0 Å². The van der Waals surface area contributed by atoms with Crippen LogP contribution >= 0.6 is 0 Å². The second kappa shape index (κ2) is 8.99. The zero-order valence-electron chi connectivity index (χ0n) is 16.4. The van der Waals surface area contributed by atoms with Gasteiger partial charge in [-0.1, -0.05) is 12.1 Å². The Morgan fingerprint density at radius 2 is 1.73 bits per heavy atom. The molecular formula is C20H23FN2O6S. The van der Waals surface area contributed by atoms with Gasteiger partial charge in [-0.3, -0.25) is 10.1 Å². The first-order valence-corrected chi connectivity index (χ1v) is 10.8. The van der Waals surface area contributed by atoms with Gasteiger partial charge in [-0.2, -0.15) is 0 Å². The highest BCUT2D eigenvalue weighted by molar-refractivity contribution is 7.92. The molecule has 1 aliphatic rings.